The zero-order chi connectivity index (χ0) is 16.4. The van der Waals surface area contributed by atoms with Gasteiger partial charge in [-0.15, -0.1) is 0 Å². The molecule has 0 unspecified atom stereocenters. The summed E-state index contributed by atoms with van der Waals surface area (Å²) >= 11 is 0. The van der Waals surface area contributed by atoms with Crippen LogP contribution in [0, 0.1) is 0 Å². The van der Waals surface area contributed by atoms with Crippen LogP contribution in [0.2, 0.25) is 0 Å². The van der Waals surface area contributed by atoms with Gasteiger partial charge in [-0.2, -0.15) is 0 Å². The van der Waals surface area contributed by atoms with Crippen molar-refractivity contribution in [2.24, 2.45) is 0 Å². The average Bonchev–Trinajstić information content (AvgIpc) is 2.68. The number of carbonyl (C=O) groups is 2. The van der Waals surface area contributed by atoms with E-state index >= 15 is 0 Å². The molecule has 1 aliphatic rings. The topological polar surface area (TPSA) is 68.3 Å². The van der Waals surface area contributed by atoms with Crippen LogP contribution in [0.1, 0.15) is 41.5 Å². The zero-order valence-electron chi connectivity index (χ0n) is 13.9. The lowest BCUT2D eigenvalue weighted by atomic mass is 10.2. The molecule has 0 aromatic rings. The average molecular weight is 302 g/mol. The maximum atomic E-state index is 12.2. The molecule has 122 valence electrons. The van der Waals surface area contributed by atoms with Crippen molar-refractivity contribution < 1.29 is 23.8 Å². The minimum atomic E-state index is -0.637. The maximum Gasteiger partial charge on any atom is 0.429 e. The first-order valence-electron chi connectivity index (χ1n) is 6.96. The maximum absolute atomic E-state index is 12.2. The third-order valence-corrected chi connectivity index (χ3v) is 2.59. The number of rotatable bonds is 1. The molecule has 7 heteroatoms. The number of hydrazine groups is 1. The summed E-state index contributed by atoms with van der Waals surface area (Å²) in [4.78, 5) is 24.4. The standard InChI is InChI=1S/C14H26N2O5/c1-13(2,3)20-11(17)15-8-10(19-7)9-16(15)12(18)21-14(4,5)6/h10H,8-9H2,1-7H3. The van der Waals surface area contributed by atoms with Crippen molar-refractivity contribution in [3.8, 4) is 0 Å². The lowest BCUT2D eigenvalue weighted by Crippen LogP contribution is -2.48. The fraction of sp³-hybridized carbons (Fsp3) is 0.857. The van der Waals surface area contributed by atoms with Gasteiger partial charge >= 0.3 is 12.2 Å². The third kappa shape index (κ3) is 5.41. The van der Waals surface area contributed by atoms with Gasteiger partial charge in [-0.05, 0) is 41.5 Å². The number of hydrogen-bond acceptors (Lipinski definition) is 5. The summed E-state index contributed by atoms with van der Waals surface area (Å²) in [5.74, 6) is 0. The van der Waals surface area contributed by atoms with E-state index in [1.165, 1.54) is 17.1 Å². The molecule has 2 amide bonds. The largest absolute Gasteiger partial charge is 0.442 e. The fourth-order valence-corrected chi connectivity index (χ4v) is 1.77. The van der Waals surface area contributed by atoms with Gasteiger partial charge in [-0.3, -0.25) is 0 Å². The quantitative estimate of drug-likeness (QED) is 0.744. The second-order valence-corrected chi connectivity index (χ2v) is 6.98. The highest BCUT2D eigenvalue weighted by atomic mass is 16.6. The highest BCUT2D eigenvalue weighted by Gasteiger charge is 2.41. The van der Waals surface area contributed by atoms with Crippen LogP contribution in [0.5, 0.6) is 0 Å². The van der Waals surface area contributed by atoms with Crippen LogP contribution >= 0.6 is 0 Å². The van der Waals surface area contributed by atoms with Gasteiger partial charge in [0.25, 0.3) is 0 Å². The monoisotopic (exact) mass is 302 g/mol. The number of methoxy groups -OCH3 is 1. The Morgan fingerprint density at radius 3 is 1.43 bits per heavy atom. The summed E-state index contributed by atoms with van der Waals surface area (Å²) < 4.78 is 15.8. The van der Waals surface area contributed by atoms with E-state index in [0.717, 1.165) is 0 Å². The summed E-state index contributed by atoms with van der Waals surface area (Å²) in [7, 11) is 1.54. The molecule has 0 aromatic heterocycles. The Morgan fingerprint density at radius 2 is 1.19 bits per heavy atom. The molecular formula is C14H26N2O5. The van der Waals surface area contributed by atoms with E-state index in [1.54, 1.807) is 41.5 Å². The second-order valence-electron chi connectivity index (χ2n) is 6.98. The summed E-state index contributed by atoms with van der Waals surface area (Å²) in [5, 5.41) is 2.46. The molecule has 0 aromatic carbocycles. The molecule has 1 fully saturated rings. The Balaban J connectivity index is 2.83. The number of nitrogens with zero attached hydrogens (tertiary/aromatic N) is 2. The molecule has 0 saturated carbocycles. The molecule has 1 heterocycles. The Bertz CT molecular complexity index is 361. The van der Waals surface area contributed by atoms with E-state index in [-0.39, 0.29) is 19.2 Å². The lowest BCUT2D eigenvalue weighted by molar-refractivity contribution is -0.0428. The number of hydrogen-bond donors (Lipinski definition) is 0. The van der Waals surface area contributed by atoms with E-state index in [2.05, 4.69) is 0 Å². The van der Waals surface area contributed by atoms with Crippen molar-refractivity contribution in [1.82, 2.24) is 10.0 Å². The van der Waals surface area contributed by atoms with E-state index < -0.39 is 23.4 Å². The molecule has 1 aliphatic heterocycles. The van der Waals surface area contributed by atoms with Gasteiger partial charge in [-0.25, -0.2) is 19.6 Å². The van der Waals surface area contributed by atoms with E-state index in [9.17, 15) is 9.59 Å². The van der Waals surface area contributed by atoms with Crippen molar-refractivity contribution in [1.29, 1.82) is 0 Å². The molecule has 1 saturated heterocycles. The van der Waals surface area contributed by atoms with Crippen LogP contribution in [0.3, 0.4) is 0 Å². The Hall–Kier alpha value is -1.50. The first kappa shape index (κ1) is 17.6. The summed E-state index contributed by atoms with van der Waals surface area (Å²) in [6.45, 7) is 11.1. The number of carbonyl (C=O) groups excluding carboxylic acids is 2. The molecule has 0 N–H and O–H groups in total. The predicted octanol–water partition coefficient (Wildman–Crippen LogP) is 2.40. The van der Waals surface area contributed by atoms with Gasteiger partial charge in [0.05, 0.1) is 19.2 Å². The number of ether oxygens (including phenoxy) is 3. The minimum absolute atomic E-state index is 0.255. The van der Waals surface area contributed by atoms with E-state index in [1.807, 2.05) is 0 Å². The lowest BCUT2D eigenvalue weighted by Gasteiger charge is -2.31. The summed E-state index contributed by atoms with van der Waals surface area (Å²) in [6.07, 6.45) is -1.44. The van der Waals surface area contributed by atoms with Crippen LogP contribution in [0.25, 0.3) is 0 Å². The molecule has 0 spiro atoms. The SMILES string of the molecule is COC1CN(C(=O)OC(C)(C)C)N(C(=O)OC(C)(C)C)C1. The van der Waals surface area contributed by atoms with Crippen LogP contribution in [-0.2, 0) is 14.2 Å². The summed E-state index contributed by atoms with van der Waals surface area (Å²) in [5.41, 5.74) is -1.27. The van der Waals surface area contributed by atoms with Crippen molar-refractivity contribution >= 4 is 12.2 Å². The predicted molar refractivity (Wildman–Crippen MR) is 76.7 cm³/mol. The van der Waals surface area contributed by atoms with Crippen molar-refractivity contribution in [3.63, 3.8) is 0 Å². The van der Waals surface area contributed by atoms with Crippen molar-refractivity contribution in [2.45, 2.75) is 58.8 Å². The van der Waals surface area contributed by atoms with E-state index in [0.29, 0.717) is 0 Å². The van der Waals surface area contributed by atoms with Crippen molar-refractivity contribution in [2.75, 3.05) is 20.2 Å². The van der Waals surface area contributed by atoms with Gasteiger partial charge in [0.15, 0.2) is 0 Å². The fourth-order valence-electron chi connectivity index (χ4n) is 1.77. The first-order chi connectivity index (χ1) is 9.43. The van der Waals surface area contributed by atoms with Gasteiger partial charge in [0, 0.05) is 7.11 Å². The molecule has 0 atom stereocenters. The third-order valence-electron chi connectivity index (χ3n) is 2.59. The molecule has 0 bridgehead atoms. The Labute approximate surface area is 126 Å². The normalized spacial score (nSPS) is 17.1. The molecule has 1 rings (SSSR count). The highest BCUT2D eigenvalue weighted by molar-refractivity contribution is 5.75. The molecule has 7 nitrogen and oxygen atoms in total. The van der Waals surface area contributed by atoms with Crippen LogP contribution in [-0.4, -0.2) is 59.7 Å². The van der Waals surface area contributed by atoms with Crippen LogP contribution in [0.15, 0.2) is 0 Å². The van der Waals surface area contributed by atoms with Gasteiger partial charge in [-0.1, -0.05) is 0 Å². The molecule has 0 aliphatic carbocycles. The van der Waals surface area contributed by atoms with Crippen LogP contribution in [0.4, 0.5) is 9.59 Å². The van der Waals surface area contributed by atoms with Gasteiger partial charge in [0.2, 0.25) is 0 Å². The zero-order valence-corrected chi connectivity index (χ0v) is 13.9. The molecule has 21 heavy (non-hydrogen) atoms. The Kier molecular flexibility index (Phi) is 5.09. The highest BCUT2D eigenvalue weighted by Crippen LogP contribution is 2.21. The summed E-state index contributed by atoms with van der Waals surface area (Å²) in [6, 6.07) is 0. The number of amides is 2. The van der Waals surface area contributed by atoms with Gasteiger partial charge < -0.3 is 14.2 Å². The smallest absolute Gasteiger partial charge is 0.429 e. The second kappa shape index (κ2) is 6.09. The Morgan fingerprint density at radius 1 is 0.857 bits per heavy atom. The van der Waals surface area contributed by atoms with Gasteiger partial charge in [0.1, 0.15) is 11.2 Å². The minimum Gasteiger partial charge on any atom is -0.442 e. The van der Waals surface area contributed by atoms with E-state index in [4.69, 9.17) is 14.2 Å². The molecular weight excluding hydrogens is 276 g/mol. The molecule has 0 radical (unpaired) electrons. The van der Waals surface area contributed by atoms with Crippen LogP contribution < -0.4 is 0 Å². The van der Waals surface area contributed by atoms with Crippen molar-refractivity contribution in [3.05, 3.63) is 0 Å². The first-order valence-corrected chi connectivity index (χ1v) is 6.96.